The number of hydrogen-bond acceptors (Lipinski definition) is 3. The van der Waals surface area contributed by atoms with Gasteiger partial charge in [-0.1, -0.05) is 25.7 Å². The van der Waals surface area contributed by atoms with Gasteiger partial charge in [0.15, 0.2) is 0 Å². The second kappa shape index (κ2) is 5.47. The zero-order chi connectivity index (χ0) is 12.2. The van der Waals surface area contributed by atoms with E-state index in [1.807, 2.05) is 0 Å². The Morgan fingerprint density at radius 1 is 1.19 bits per heavy atom. The molecule has 3 N–H and O–H groups in total. The number of hydrogen-bond donors (Lipinski definition) is 2. The van der Waals surface area contributed by atoms with Crippen molar-refractivity contribution in [1.82, 2.24) is 4.72 Å². The van der Waals surface area contributed by atoms with Crippen LogP contribution in [0.4, 0.5) is 0 Å². The summed E-state index contributed by atoms with van der Waals surface area (Å²) in [6.45, 7) is 3.74. The van der Waals surface area contributed by atoms with Gasteiger partial charge in [0.25, 0.3) is 0 Å². The molecule has 1 rings (SSSR count). The van der Waals surface area contributed by atoms with E-state index in [0.717, 1.165) is 25.7 Å². The summed E-state index contributed by atoms with van der Waals surface area (Å²) in [6, 6.07) is 0. The molecule has 0 saturated heterocycles. The predicted molar refractivity (Wildman–Crippen MR) is 66.7 cm³/mol. The van der Waals surface area contributed by atoms with Crippen LogP contribution in [0.1, 0.15) is 52.4 Å². The summed E-state index contributed by atoms with van der Waals surface area (Å²) in [5.74, 6) is 0. The molecule has 0 unspecified atom stereocenters. The van der Waals surface area contributed by atoms with Gasteiger partial charge < -0.3 is 5.73 Å². The molecule has 0 atom stereocenters. The zero-order valence-electron chi connectivity index (χ0n) is 10.3. The topological polar surface area (TPSA) is 72.2 Å². The van der Waals surface area contributed by atoms with Gasteiger partial charge in [0.1, 0.15) is 0 Å². The minimum atomic E-state index is -3.18. The molecule has 16 heavy (non-hydrogen) atoms. The molecular weight excluding hydrogens is 224 g/mol. The van der Waals surface area contributed by atoms with Crippen molar-refractivity contribution >= 4 is 10.0 Å². The van der Waals surface area contributed by atoms with Crippen molar-refractivity contribution in [3.8, 4) is 0 Å². The first kappa shape index (κ1) is 13.9. The van der Waals surface area contributed by atoms with Gasteiger partial charge in [-0.25, -0.2) is 13.1 Å². The molecule has 0 spiro atoms. The fourth-order valence-electron chi connectivity index (χ4n) is 2.02. The van der Waals surface area contributed by atoms with Crippen molar-refractivity contribution in [2.24, 2.45) is 5.73 Å². The molecule has 1 aliphatic carbocycles. The highest BCUT2D eigenvalue weighted by Gasteiger charge is 2.28. The molecule has 4 nitrogen and oxygen atoms in total. The van der Waals surface area contributed by atoms with Gasteiger partial charge >= 0.3 is 0 Å². The minimum Gasteiger partial charge on any atom is -0.324 e. The number of sulfonamides is 1. The Labute approximate surface area is 99.0 Å². The molecule has 0 aromatic heterocycles. The van der Waals surface area contributed by atoms with Gasteiger partial charge in [-0.05, 0) is 26.7 Å². The minimum absolute atomic E-state index is 0.335. The lowest BCUT2D eigenvalue weighted by Crippen LogP contribution is -2.50. The molecule has 0 heterocycles. The first-order chi connectivity index (χ1) is 7.36. The molecule has 0 aromatic rings. The third-order valence-electron chi connectivity index (χ3n) is 3.35. The van der Waals surface area contributed by atoms with E-state index < -0.39 is 10.0 Å². The summed E-state index contributed by atoms with van der Waals surface area (Å²) in [4.78, 5) is 0. The van der Waals surface area contributed by atoms with Crippen molar-refractivity contribution in [1.29, 1.82) is 0 Å². The van der Waals surface area contributed by atoms with E-state index in [0.29, 0.717) is 6.54 Å². The Morgan fingerprint density at radius 2 is 1.69 bits per heavy atom. The van der Waals surface area contributed by atoms with Crippen LogP contribution in [-0.4, -0.2) is 25.8 Å². The van der Waals surface area contributed by atoms with Crippen LogP contribution >= 0.6 is 0 Å². The van der Waals surface area contributed by atoms with E-state index >= 15 is 0 Å². The van der Waals surface area contributed by atoms with E-state index in [1.165, 1.54) is 12.8 Å². The van der Waals surface area contributed by atoms with E-state index in [4.69, 9.17) is 5.73 Å². The highest BCUT2D eigenvalue weighted by Crippen LogP contribution is 2.24. The summed E-state index contributed by atoms with van der Waals surface area (Å²) in [7, 11) is -3.18. The number of nitrogens with one attached hydrogen (secondary N) is 1. The molecule has 1 aliphatic rings. The SMILES string of the molecule is CC(C)S(=O)(=O)NCC1(N)CCCCCC1. The fourth-order valence-corrected chi connectivity index (χ4v) is 2.84. The summed E-state index contributed by atoms with van der Waals surface area (Å²) < 4.78 is 25.9. The quantitative estimate of drug-likeness (QED) is 0.738. The van der Waals surface area contributed by atoms with Crippen LogP contribution < -0.4 is 10.5 Å². The lowest BCUT2D eigenvalue weighted by molar-refractivity contribution is 0.368. The van der Waals surface area contributed by atoms with E-state index in [2.05, 4.69) is 4.72 Å². The normalized spacial score (nSPS) is 22.0. The fraction of sp³-hybridized carbons (Fsp3) is 1.00. The molecule has 0 radical (unpaired) electrons. The van der Waals surface area contributed by atoms with Crippen LogP contribution in [0.5, 0.6) is 0 Å². The Kier molecular flexibility index (Phi) is 4.76. The van der Waals surface area contributed by atoms with Gasteiger partial charge in [-0.3, -0.25) is 0 Å². The summed E-state index contributed by atoms with van der Waals surface area (Å²) >= 11 is 0. The first-order valence-corrected chi connectivity index (χ1v) is 7.68. The van der Waals surface area contributed by atoms with Crippen LogP contribution in [-0.2, 0) is 10.0 Å². The largest absolute Gasteiger partial charge is 0.324 e. The zero-order valence-corrected chi connectivity index (χ0v) is 11.1. The maximum atomic E-state index is 11.6. The molecule has 96 valence electrons. The molecule has 0 amide bonds. The Bertz CT molecular complexity index is 304. The van der Waals surface area contributed by atoms with Gasteiger partial charge in [0.2, 0.25) is 10.0 Å². The van der Waals surface area contributed by atoms with Crippen molar-refractivity contribution in [3.05, 3.63) is 0 Å². The molecular formula is C11H24N2O2S. The summed E-state index contributed by atoms with van der Waals surface area (Å²) in [5.41, 5.74) is 5.90. The van der Waals surface area contributed by atoms with Crippen molar-refractivity contribution in [2.45, 2.75) is 63.2 Å². The highest BCUT2D eigenvalue weighted by molar-refractivity contribution is 7.90. The van der Waals surface area contributed by atoms with Crippen molar-refractivity contribution < 1.29 is 8.42 Å². The van der Waals surface area contributed by atoms with E-state index in [1.54, 1.807) is 13.8 Å². The van der Waals surface area contributed by atoms with Crippen molar-refractivity contribution in [3.63, 3.8) is 0 Å². The second-order valence-electron chi connectivity index (χ2n) is 5.19. The van der Waals surface area contributed by atoms with Gasteiger partial charge in [-0.2, -0.15) is 0 Å². The average molecular weight is 248 g/mol. The first-order valence-electron chi connectivity index (χ1n) is 6.13. The molecule has 0 aliphatic heterocycles. The van der Waals surface area contributed by atoms with E-state index in [9.17, 15) is 8.42 Å². The van der Waals surface area contributed by atoms with Crippen LogP contribution in [0, 0.1) is 0 Å². The van der Waals surface area contributed by atoms with Gasteiger partial charge in [-0.15, -0.1) is 0 Å². The Balaban J connectivity index is 2.52. The average Bonchev–Trinajstić information content (AvgIpc) is 2.41. The van der Waals surface area contributed by atoms with Crippen LogP contribution in [0.15, 0.2) is 0 Å². The van der Waals surface area contributed by atoms with Crippen molar-refractivity contribution in [2.75, 3.05) is 6.54 Å². The number of nitrogens with two attached hydrogens (primary N) is 1. The monoisotopic (exact) mass is 248 g/mol. The molecule has 1 fully saturated rings. The molecule has 5 heteroatoms. The third kappa shape index (κ3) is 4.03. The van der Waals surface area contributed by atoms with Crippen LogP contribution in [0.3, 0.4) is 0 Å². The molecule has 0 bridgehead atoms. The molecule has 0 aromatic carbocycles. The van der Waals surface area contributed by atoms with E-state index in [-0.39, 0.29) is 10.8 Å². The highest BCUT2D eigenvalue weighted by atomic mass is 32.2. The standard InChI is InChI=1S/C11H24N2O2S/c1-10(2)16(14,15)13-9-11(12)7-5-3-4-6-8-11/h10,13H,3-9,12H2,1-2H3. The maximum Gasteiger partial charge on any atom is 0.213 e. The second-order valence-corrected chi connectivity index (χ2v) is 7.51. The lowest BCUT2D eigenvalue weighted by Gasteiger charge is -2.28. The van der Waals surface area contributed by atoms with Gasteiger partial charge in [0, 0.05) is 12.1 Å². The van der Waals surface area contributed by atoms with Crippen LogP contribution in [0.2, 0.25) is 0 Å². The smallest absolute Gasteiger partial charge is 0.213 e. The third-order valence-corrected chi connectivity index (χ3v) is 5.13. The summed E-state index contributed by atoms with van der Waals surface area (Å²) in [6.07, 6.45) is 6.51. The lowest BCUT2D eigenvalue weighted by atomic mass is 9.92. The van der Waals surface area contributed by atoms with Crippen LogP contribution in [0.25, 0.3) is 0 Å². The maximum absolute atomic E-state index is 11.6. The summed E-state index contributed by atoms with van der Waals surface area (Å²) in [5, 5.41) is -0.387. The predicted octanol–water partition coefficient (Wildman–Crippen LogP) is 1.37. The Morgan fingerprint density at radius 3 is 2.12 bits per heavy atom. The number of rotatable bonds is 4. The molecule has 1 saturated carbocycles. The Hall–Kier alpha value is -0.130. The van der Waals surface area contributed by atoms with Gasteiger partial charge in [0.05, 0.1) is 5.25 Å².